The van der Waals surface area contributed by atoms with Crippen LogP contribution < -0.4 is 4.74 Å². The lowest BCUT2D eigenvalue weighted by Gasteiger charge is -2.23. The Morgan fingerprint density at radius 3 is 2.00 bits per heavy atom. The van der Waals surface area contributed by atoms with Crippen LogP contribution in [0.3, 0.4) is 0 Å². The molecule has 0 saturated carbocycles. The van der Waals surface area contributed by atoms with Crippen molar-refractivity contribution in [2.24, 2.45) is 0 Å². The number of hydrogen-bond donors (Lipinski definition) is 2. The first-order valence-corrected chi connectivity index (χ1v) is 6.81. The molecule has 3 rings (SSSR count). The highest BCUT2D eigenvalue weighted by Crippen LogP contribution is 2.38. The lowest BCUT2D eigenvalue weighted by Crippen LogP contribution is -2.28. The van der Waals surface area contributed by atoms with Gasteiger partial charge in [-0.3, -0.25) is 4.84 Å². The van der Waals surface area contributed by atoms with Gasteiger partial charge in [-0.15, -0.1) is 5.06 Å². The van der Waals surface area contributed by atoms with Crippen LogP contribution in [0.2, 0.25) is 0 Å². The Balaban J connectivity index is 1.53. The van der Waals surface area contributed by atoms with Crippen molar-refractivity contribution in [2.45, 2.75) is 12.5 Å². The van der Waals surface area contributed by atoms with E-state index in [0.717, 1.165) is 5.75 Å². The molecule has 5 nitrogen and oxygen atoms in total. The molecular formula is C16H17NO4. The number of nitrogens with zero attached hydrogens (tertiary/aromatic N) is 1. The standard InChI is InChI=1S/C16H17NO4/c18-15-13-8-4-5-9-14(13)16(19)17(15)21-11-10-20-12-6-2-1-3-7-12/h1-9,15-16,18-19H,10-11H2. The fourth-order valence-electron chi connectivity index (χ4n) is 2.35. The fraction of sp³-hybridized carbons (Fsp3) is 0.250. The van der Waals surface area contributed by atoms with Crippen LogP contribution in [0.5, 0.6) is 5.75 Å². The summed E-state index contributed by atoms with van der Waals surface area (Å²) in [5, 5.41) is 21.4. The predicted octanol–water partition coefficient (Wildman–Crippen LogP) is 1.99. The highest BCUT2D eigenvalue weighted by molar-refractivity contribution is 5.33. The minimum absolute atomic E-state index is 0.233. The number of aliphatic hydroxyl groups is 2. The van der Waals surface area contributed by atoms with E-state index in [1.165, 1.54) is 5.06 Å². The Labute approximate surface area is 122 Å². The van der Waals surface area contributed by atoms with Gasteiger partial charge in [0.15, 0.2) is 12.5 Å². The molecule has 2 aromatic rings. The van der Waals surface area contributed by atoms with Crippen LogP contribution in [0.1, 0.15) is 23.6 Å². The average molecular weight is 287 g/mol. The van der Waals surface area contributed by atoms with Gasteiger partial charge in [-0.25, -0.2) is 0 Å². The normalized spacial score (nSPS) is 21.2. The molecule has 0 saturated heterocycles. The Kier molecular flexibility index (Phi) is 4.17. The van der Waals surface area contributed by atoms with Gasteiger partial charge in [0.1, 0.15) is 19.0 Å². The molecule has 0 radical (unpaired) electrons. The summed E-state index contributed by atoms with van der Waals surface area (Å²) in [6.45, 7) is 0.563. The van der Waals surface area contributed by atoms with Crippen molar-refractivity contribution in [3.8, 4) is 5.75 Å². The van der Waals surface area contributed by atoms with Gasteiger partial charge >= 0.3 is 0 Å². The third-order valence-corrected chi connectivity index (χ3v) is 3.37. The van der Waals surface area contributed by atoms with Gasteiger partial charge < -0.3 is 14.9 Å². The van der Waals surface area contributed by atoms with Gasteiger partial charge in [0, 0.05) is 11.1 Å². The molecule has 2 unspecified atom stereocenters. The van der Waals surface area contributed by atoms with Gasteiger partial charge in [0.05, 0.1) is 0 Å². The first-order chi connectivity index (χ1) is 10.3. The van der Waals surface area contributed by atoms with E-state index in [1.54, 1.807) is 12.1 Å². The van der Waals surface area contributed by atoms with Crippen LogP contribution in [0.15, 0.2) is 54.6 Å². The molecule has 0 amide bonds. The molecule has 1 aliphatic heterocycles. The molecule has 5 heteroatoms. The van der Waals surface area contributed by atoms with E-state index in [1.807, 2.05) is 42.5 Å². The number of aliphatic hydroxyl groups excluding tert-OH is 2. The quantitative estimate of drug-likeness (QED) is 0.824. The number of hydroxylamine groups is 2. The van der Waals surface area contributed by atoms with Crippen molar-refractivity contribution in [1.29, 1.82) is 0 Å². The van der Waals surface area contributed by atoms with Crippen molar-refractivity contribution in [2.75, 3.05) is 13.2 Å². The van der Waals surface area contributed by atoms with E-state index in [2.05, 4.69) is 0 Å². The lowest BCUT2D eigenvalue weighted by molar-refractivity contribution is -0.297. The van der Waals surface area contributed by atoms with E-state index in [0.29, 0.717) is 17.7 Å². The molecule has 0 aromatic heterocycles. The van der Waals surface area contributed by atoms with Crippen molar-refractivity contribution in [3.05, 3.63) is 65.7 Å². The van der Waals surface area contributed by atoms with Crippen LogP contribution in [-0.2, 0) is 4.84 Å². The van der Waals surface area contributed by atoms with Crippen LogP contribution in [0.25, 0.3) is 0 Å². The Bertz CT molecular complexity index is 561. The summed E-state index contributed by atoms with van der Waals surface area (Å²) < 4.78 is 5.50. The first-order valence-electron chi connectivity index (χ1n) is 6.81. The largest absolute Gasteiger partial charge is 0.491 e. The molecular weight excluding hydrogens is 270 g/mol. The van der Waals surface area contributed by atoms with E-state index in [9.17, 15) is 10.2 Å². The summed E-state index contributed by atoms with van der Waals surface area (Å²) in [5.41, 5.74) is 1.32. The lowest BCUT2D eigenvalue weighted by atomic mass is 10.1. The minimum atomic E-state index is -0.965. The average Bonchev–Trinajstić information content (AvgIpc) is 2.77. The third-order valence-electron chi connectivity index (χ3n) is 3.37. The zero-order valence-electron chi connectivity index (χ0n) is 11.4. The molecule has 110 valence electrons. The monoisotopic (exact) mass is 287 g/mol. The van der Waals surface area contributed by atoms with Crippen molar-refractivity contribution in [1.82, 2.24) is 5.06 Å². The van der Waals surface area contributed by atoms with Crippen LogP contribution >= 0.6 is 0 Å². The van der Waals surface area contributed by atoms with E-state index in [4.69, 9.17) is 9.57 Å². The SMILES string of the molecule is OC1c2ccccc2C(O)N1OCCOc1ccccc1. The number of benzene rings is 2. The maximum Gasteiger partial charge on any atom is 0.159 e. The van der Waals surface area contributed by atoms with Gasteiger partial charge in [0.25, 0.3) is 0 Å². The predicted molar refractivity (Wildman–Crippen MR) is 76.1 cm³/mol. The molecule has 1 aliphatic rings. The van der Waals surface area contributed by atoms with E-state index < -0.39 is 12.5 Å². The van der Waals surface area contributed by atoms with E-state index in [-0.39, 0.29) is 6.61 Å². The molecule has 21 heavy (non-hydrogen) atoms. The summed E-state index contributed by atoms with van der Waals surface area (Å²) in [4.78, 5) is 5.44. The second-order valence-corrected chi connectivity index (χ2v) is 4.73. The zero-order chi connectivity index (χ0) is 14.7. The summed E-state index contributed by atoms with van der Waals surface area (Å²) in [7, 11) is 0. The number of hydrogen-bond acceptors (Lipinski definition) is 5. The minimum Gasteiger partial charge on any atom is -0.491 e. The fourth-order valence-corrected chi connectivity index (χ4v) is 2.35. The summed E-state index contributed by atoms with van der Waals surface area (Å²) in [6, 6.07) is 16.6. The third kappa shape index (κ3) is 2.91. The maximum absolute atomic E-state index is 10.1. The number of rotatable bonds is 5. The maximum atomic E-state index is 10.1. The highest BCUT2D eigenvalue weighted by Gasteiger charge is 2.37. The summed E-state index contributed by atoms with van der Waals surface area (Å²) in [5.74, 6) is 0.756. The molecule has 0 fully saturated rings. The number of para-hydroxylation sites is 1. The Morgan fingerprint density at radius 1 is 0.810 bits per heavy atom. The van der Waals surface area contributed by atoms with Gasteiger partial charge in [-0.2, -0.15) is 0 Å². The number of fused-ring (bicyclic) bond motifs is 1. The topological polar surface area (TPSA) is 62.2 Å². The van der Waals surface area contributed by atoms with Crippen molar-refractivity contribution in [3.63, 3.8) is 0 Å². The van der Waals surface area contributed by atoms with Crippen molar-refractivity contribution < 1.29 is 19.8 Å². The van der Waals surface area contributed by atoms with Gasteiger partial charge in [-0.05, 0) is 12.1 Å². The number of ether oxygens (including phenoxy) is 1. The van der Waals surface area contributed by atoms with Crippen LogP contribution in [0.4, 0.5) is 0 Å². The second-order valence-electron chi connectivity index (χ2n) is 4.73. The van der Waals surface area contributed by atoms with Gasteiger partial charge in [-0.1, -0.05) is 42.5 Å². The molecule has 1 heterocycles. The molecule has 2 atom stereocenters. The van der Waals surface area contributed by atoms with E-state index >= 15 is 0 Å². The molecule has 0 aliphatic carbocycles. The summed E-state index contributed by atoms with van der Waals surface area (Å²) >= 11 is 0. The van der Waals surface area contributed by atoms with Crippen molar-refractivity contribution >= 4 is 0 Å². The molecule has 2 N–H and O–H groups in total. The van der Waals surface area contributed by atoms with Crippen LogP contribution in [-0.4, -0.2) is 28.5 Å². The second kappa shape index (κ2) is 6.24. The zero-order valence-corrected chi connectivity index (χ0v) is 11.4. The summed E-state index contributed by atoms with van der Waals surface area (Å²) in [6.07, 6.45) is -1.93. The molecule has 2 aromatic carbocycles. The van der Waals surface area contributed by atoms with Crippen LogP contribution in [0, 0.1) is 0 Å². The molecule has 0 spiro atoms. The molecule has 0 bridgehead atoms. The highest BCUT2D eigenvalue weighted by atomic mass is 16.7. The smallest absolute Gasteiger partial charge is 0.159 e. The Morgan fingerprint density at radius 2 is 1.38 bits per heavy atom. The first kappa shape index (κ1) is 14.0. The Hall–Kier alpha value is -1.92. The van der Waals surface area contributed by atoms with Gasteiger partial charge in [0.2, 0.25) is 0 Å².